The molecule has 1 amide bonds. The summed E-state index contributed by atoms with van der Waals surface area (Å²) in [4.78, 5) is 43.9. The highest BCUT2D eigenvalue weighted by Crippen LogP contribution is 2.28. The number of nitrogens with zero attached hydrogens (tertiary/aromatic N) is 3. The molecule has 0 atom stereocenters. The molecule has 1 saturated heterocycles. The number of fused-ring (bicyclic) bond motifs is 1. The molecule has 1 aliphatic heterocycles. The maximum Gasteiger partial charge on any atom is 0.348 e. The Morgan fingerprint density at radius 1 is 1.11 bits per heavy atom. The fourth-order valence-corrected chi connectivity index (χ4v) is 5.28. The van der Waals surface area contributed by atoms with Gasteiger partial charge in [0.25, 0.3) is 0 Å². The third-order valence-corrected chi connectivity index (χ3v) is 7.23. The van der Waals surface area contributed by atoms with Crippen LogP contribution in [0.1, 0.15) is 41.4 Å². The molecule has 4 rings (SSSR count). The van der Waals surface area contributed by atoms with Crippen molar-refractivity contribution < 1.29 is 19.1 Å². The van der Waals surface area contributed by atoms with Crippen LogP contribution in [-0.4, -0.2) is 71.5 Å². The topological polar surface area (TPSA) is 103 Å². The molecule has 1 aromatic heterocycles. The zero-order valence-corrected chi connectivity index (χ0v) is 20.9. The number of amides is 1. The average Bonchev–Trinajstić information content (AvgIpc) is 2.88. The van der Waals surface area contributed by atoms with Gasteiger partial charge in [-0.2, -0.15) is 4.98 Å². The molecule has 0 bridgehead atoms. The van der Waals surface area contributed by atoms with E-state index in [1.165, 1.54) is 11.8 Å². The Kier molecular flexibility index (Phi) is 8.95. The van der Waals surface area contributed by atoms with Crippen LogP contribution in [0.3, 0.4) is 0 Å². The van der Waals surface area contributed by atoms with E-state index in [9.17, 15) is 14.4 Å². The molecule has 0 radical (unpaired) electrons. The molecule has 1 N–H and O–H groups in total. The quantitative estimate of drug-likeness (QED) is 0.318. The largest absolute Gasteiger partial charge is 0.462 e. The van der Waals surface area contributed by atoms with Crippen LogP contribution in [0.2, 0.25) is 0 Å². The second-order valence-corrected chi connectivity index (χ2v) is 9.54. The summed E-state index contributed by atoms with van der Waals surface area (Å²) in [6, 6.07) is 6.58. The number of ether oxygens (including phenoxy) is 2. The molecule has 188 valence electrons. The Balaban J connectivity index is 1.39. The van der Waals surface area contributed by atoms with Gasteiger partial charge in [-0.15, -0.1) is 0 Å². The number of anilines is 1. The van der Waals surface area contributed by atoms with E-state index < -0.39 is 5.97 Å². The standard InChI is InChI=1S/C25H32N4O5S/c1-2-34-24(31)18-7-9-19(10-8-18)26-22(30)17-35-23-20-5-3-4-6-21(20)29(25(32)27-23)12-11-28-13-15-33-16-14-28/h7-10H,2-6,11-17H2,1H3,(H,26,30). The highest BCUT2D eigenvalue weighted by atomic mass is 32.2. The molecule has 1 aliphatic carbocycles. The summed E-state index contributed by atoms with van der Waals surface area (Å²) >= 11 is 1.31. The van der Waals surface area contributed by atoms with Gasteiger partial charge in [-0.3, -0.25) is 14.3 Å². The van der Waals surface area contributed by atoms with Crippen molar-refractivity contribution in [3.63, 3.8) is 0 Å². The highest BCUT2D eigenvalue weighted by Gasteiger charge is 2.22. The van der Waals surface area contributed by atoms with Gasteiger partial charge in [0, 0.05) is 43.1 Å². The van der Waals surface area contributed by atoms with Gasteiger partial charge in [0.15, 0.2) is 0 Å². The van der Waals surface area contributed by atoms with E-state index in [2.05, 4.69) is 15.2 Å². The predicted octanol–water partition coefficient (Wildman–Crippen LogP) is 2.36. The molecule has 2 heterocycles. The number of hydrogen-bond acceptors (Lipinski definition) is 8. The van der Waals surface area contributed by atoms with Crippen molar-refractivity contribution in [2.24, 2.45) is 0 Å². The summed E-state index contributed by atoms with van der Waals surface area (Å²) in [6.07, 6.45) is 3.85. The van der Waals surface area contributed by atoms with Gasteiger partial charge in [-0.25, -0.2) is 9.59 Å². The number of esters is 1. The molecule has 10 heteroatoms. The molecule has 0 unspecified atom stereocenters. The summed E-state index contributed by atoms with van der Waals surface area (Å²) in [6.45, 7) is 6.74. The average molecular weight is 501 g/mol. The fraction of sp³-hybridized carbons (Fsp3) is 0.520. The molecule has 1 aromatic carbocycles. The zero-order valence-electron chi connectivity index (χ0n) is 20.1. The van der Waals surface area contributed by atoms with Crippen LogP contribution in [0.5, 0.6) is 0 Å². The van der Waals surface area contributed by atoms with E-state index in [1.807, 2.05) is 4.57 Å². The van der Waals surface area contributed by atoms with E-state index in [-0.39, 0.29) is 17.3 Å². The summed E-state index contributed by atoms with van der Waals surface area (Å²) in [5.74, 6) is -0.436. The van der Waals surface area contributed by atoms with Crippen LogP contribution in [0.25, 0.3) is 0 Å². The number of nitrogens with one attached hydrogen (secondary N) is 1. The predicted molar refractivity (Wildman–Crippen MR) is 134 cm³/mol. The molecule has 2 aromatic rings. The summed E-state index contributed by atoms with van der Waals surface area (Å²) < 4.78 is 12.2. The second-order valence-electron chi connectivity index (χ2n) is 8.57. The molecule has 0 saturated carbocycles. The van der Waals surface area contributed by atoms with Gasteiger partial charge in [0.1, 0.15) is 5.03 Å². The Bertz CT molecular complexity index is 1100. The minimum absolute atomic E-state index is 0.149. The van der Waals surface area contributed by atoms with Crippen LogP contribution in [0.15, 0.2) is 34.1 Å². The first-order valence-electron chi connectivity index (χ1n) is 12.2. The lowest BCUT2D eigenvalue weighted by Gasteiger charge is -2.28. The van der Waals surface area contributed by atoms with Crippen LogP contribution in [-0.2, 0) is 33.7 Å². The third kappa shape index (κ3) is 6.71. The number of benzene rings is 1. The monoisotopic (exact) mass is 500 g/mol. The molecule has 9 nitrogen and oxygen atoms in total. The zero-order chi connectivity index (χ0) is 24.6. The molecule has 0 spiro atoms. The first-order valence-corrected chi connectivity index (χ1v) is 13.2. The minimum atomic E-state index is -0.392. The minimum Gasteiger partial charge on any atom is -0.462 e. The molecular weight excluding hydrogens is 468 g/mol. The Morgan fingerprint density at radius 2 is 1.86 bits per heavy atom. The number of carbonyl (C=O) groups is 2. The van der Waals surface area contributed by atoms with Crippen molar-refractivity contribution in [3.05, 3.63) is 51.6 Å². The summed E-state index contributed by atoms with van der Waals surface area (Å²) in [5, 5.41) is 3.50. The third-order valence-electron chi connectivity index (χ3n) is 6.21. The van der Waals surface area contributed by atoms with Crippen molar-refractivity contribution >= 4 is 29.3 Å². The van der Waals surface area contributed by atoms with Crippen LogP contribution in [0, 0.1) is 0 Å². The maximum atomic E-state index is 12.9. The van der Waals surface area contributed by atoms with Crippen molar-refractivity contribution in [2.75, 3.05) is 50.5 Å². The van der Waals surface area contributed by atoms with Crippen molar-refractivity contribution in [3.8, 4) is 0 Å². The van der Waals surface area contributed by atoms with E-state index in [0.717, 1.165) is 69.8 Å². The van der Waals surface area contributed by atoms with E-state index in [0.29, 0.717) is 29.4 Å². The van der Waals surface area contributed by atoms with Gasteiger partial charge in [0.2, 0.25) is 5.91 Å². The molecule has 2 aliphatic rings. The first kappa shape index (κ1) is 25.4. The Hall–Kier alpha value is -2.69. The van der Waals surface area contributed by atoms with Gasteiger partial charge >= 0.3 is 11.7 Å². The van der Waals surface area contributed by atoms with Crippen molar-refractivity contribution in [1.29, 1.82) is 0 Å². The number of aromatic nitrogens is 2. The van der Waals surface area contributed by atoms with Gasteiger partial charge in [-0.05, 0) is 56.9 Å². The SMILES string of the molecule is CCOC(=O)c1ccc(NC(=O)CSc2nc(=O)n(CCN3CCOCC3)c3c2CCCC3)cc1. The van der Waals surface area contributed by atoms with Crippen molar-refractivity contribution in [1.82, 2.24) is 14.5 Å². The molecular formula is C25H32N4O5S. The van der Waals surface area contributed by atoms with Crippen LogP contribution in [0.4, 0.5) is 5.69 Å². The molecule has 1 fully saturated rings. The highest BCUT2D eigenvalue weighted by molar-refractivity contribution is 8.00. The number of rotatable bonds is 9. The normalized spacial score (nSPS) is 15.9. The van der Waals surface area contributed by atoms with Gasteiger partial charge < -0.3 is 14.8 Å². The van der Waals surface area contributed by atoms with Gasteiger partial charge in [0.05, 0.1) is 31.1 Å². The Morgan fingerprint density at radius 3 is 2.60 bits per heavy atom. The summed E-state index contributed by atoms with van der Waals surface area (Å²) in [7, 11) is 0. The van der Waals surface area contributed by atoms with E-state index in [4.69, 9.17) is 9.47 Å². The summed E-state index contributed by atoms with van der Waals surface area (Å²) in [5.41, 5.74) is 2.97. The maximum absolute atomic E-state index is 12.9. The van der Waals surface area contributed by atoms with Crippen LogP contribution >= 0.6 is 11.8 Å². The Labute approximate surface area is 209 Å². The first-order chi connectivity index (χ1) is 17.0. The lowest BCUT2D eigenvalue weighted by Crippen LogP contribution is -2.40. The number of thioether (sulfide) groups is 1. The lowest BCUT2D eigenvalue weighted by atomic mass is 9.97. The van der Waals surface area contributed by atoms with E-state index >= 15 is 0 Å². The second kappa shape index (κ2) is 12.3. The number of morpholine rings is 1. The smallest absolute Gasteiger partial charge is 0.348 e. The lowest BCUT2D eigenvalue weighted by molar-refractivity contribution is -0.113. The fourth-order valence-electron chi connectivity index (χ4n) is 4.40. The van der Waals surface area contributed by atoms with Crippen LogP contribution < -0.4 is 11.0 Å². The van der Waals surface area contributed by atoms with Gasteiger partial charge in [-0.1, -0.05) is 11.8 Å². The van der Waals surface area contributed by atoms with Crippen molar-refractivity contribution in [2.45, 2.75) is 44.2 Å². The number of carbonyl (C=O) groups excluding carboxylic acids is 2. The van der Waals surface area contributed by atoms with E-state index in [1.54, 1.807) is 31.2 Å². The number of hydrogen-bond donors (Lipinski definition) is 1. The molecule has 35 heavy (non-hydrogen) atoms.